The lowest BCUT2D eigenvalue weighted by Gasteiger charge is -2.49. The molecule has 0 aromatic carbocycles. The molecule has 20 heavy (non-hydrogen) atoms. The number of nitrogens with zero attached hydrogens (tertiary/aromatic N) is 3. The number of halogens is 1. The van der Waals surface area contributed by atoms with Gasteiger partial charge in [-0.3, -0.25) is 9.88 Å². The summed E-state index contributed by atoms with van der Waals surface area (Å²) in [5, 5.41) is 4.35. The molecular formula is C15H20IN3O. The van der Waals surface area contributed by atoms with Crippen LogP contribution < -0.4 is 0 Å². The van der Waals surface area contributed by atoms with E-state index in [0.29, 0.717) is 5.92 Å². The number of alkyl halides is 1. The Labute approximate surface area is 133 Å². The average molecular weight is 385 g/mol. The Kier molecular flexibility index (Phi) is 4.26. The van der Waals surface area contributed by atoms with Crippen molar-refractivity contribution >= 4 is 28.3 Å². The van der Waals surface area contributed by atoms with E-state index >= 15 is 0 Å². The SMILES string of the molecule is CI.c1cncc(C2=NOC3(C2)CN2CCC3CC2)c1. The monoisotopic (exact) mass is 385 g/mol. The minimum Gasteiger partial charge on any atom is -0.387 e. The second kappa shape index (κ2) is 5.97. The molecule has 1 unspecified atom stereocenters. The van der Waals surface area contributed by atoms with E-state index in [2.05, 4.69) is 43.7 Å². The number of oxime groups is 1. The smallest absolute Gasteiger partial charge is 0.158 e. The van der Waals surface area contributed by atoms with Crippen molar-refractivity contribution < 1.29 is 4.84 Å². The maximum Gasteiger partial charge on any atom is 0.158 e. The molecule has 1 spiro atoms. The molecule has 1 atom stereocenters. The van der Waals surface area contributed by atoms with Gasteiger partial charge in [0, 0.05) is 36.8 Å². The molecule has 5 heterocycles. The highest BCUT2D eigenvalue weighted by atomic mass is 127. The number of fused-ring (bicyclic) bond motifs is 2. The molecule has 5 heteroatoms. The molecule has 0 saturated carbocycles. The van der Waals surface area contributed by atoms with Gasteiger partial charge in [0.1, 0.15) is 0 Å². The molecular weight excluding hydrogens is 365 g/mol. The van der Waals surface area contributed by atoms with Gasteiger partial charge in [-0.2, -0.15) is 0 Å². The number of pyridine rings is 1. The number of rotatable bonds is 1. The van der Waals surface area contributed by atoms with Crippen LogP contribution in [0.15, 0.2) is 29.7 Å². The van der Waals surface area contributed by atoms with Gasteiger partial charge in [0.25, 0.3) is 0 Å². The van der Waals surface area contributed by atoms with Crippen LogP contribution in [-0.4, -0.2) is 45.8 Å². The number of piperidine rings is 3. The average Bonchev–Trinajstić information content (AvgIpc) is 2.95. The van der Waals surface area contributed by atoms with Crippen molar-refractivity contribution in [3.05, 3.63) is 30.1 Å². The van der Waals surface area contributed by atoms with Gasteiger partial charge in [-0.05, 0) is 43.0 Å². The molecule has 0 amide bonds. The van der Waals surface area contributed by atoms with Crippen LogP contribution in [0.25, 0.3) is 0 Å². The van der Waals surface area contributed by atoms with Gasteiger partial charge in [-0.1, -0.05) is 27.7 Å². The van der Waals surface area contributed by atoms with Gasteiger partial charge in [0.05, 0.1) is 5.71 Å². The second-order valence-electron chi connectivity index (χ2n) is 5.66. The molecule has 5 rings (SSSR count). The van der Waals surface area contributed by atoms with Crippen LogP contribution >= 0.6 is 22.6 Å². The van der Waals surface area contributed by atoms with Gasteiger partial charge >= 0.3 is 0 Å². The van der Waals surface area contributed by atoms with E-state index < -0.39 is 0 Å². The first-order valence-electron chi connectivity index (χ1n) is 7.11. The summed E-state index contributed by atoms with van der Waals surface area (Å²) < 4.78 is 0. The molecule has 2 bridgehead atoms. The van der Waals surface area contributed by atoms with Crippen molar-refractivity contribution in [3.8, 4) is 0 Å². The van der Waals surface area contributed by atoms with Crippen molar-refractivity contribution in [2.24, 2.45) is 11.1 Å². The fourth-order valence-electron chi connectivity index (χ4n) is 3.61. The number of hydrogen-bond donors (Lipinski definition) is 0. The van der Waals surface area contributed by atoms with Crippen molar-refractivity contribution in [1.82, 2.24) is 9.88 Å². The molecule has 4 aliphatic heterocycles. The largest absolute Gasteiger partial charge is 0.387 e. The summed E-state index contributed by atoms with van der Waals surface area (Å²) in [5.41, 5.74) is 2.13. The van der Waals surface area contributed by atoms with Gasteiger partial charge in [-0.25, -0.2) is 0 Å². The van der Waals surface area contributed by atoms with E-state index in [0.717, 1.165) is 24.2 Å². The summed E-state index contributed by atoms with van der Waals surface area (Å²) in [6.07, 6.45) is 7.14. The van der Waals surface area contributed by atoms with Gasteiger partial charge in [0.2, 0.25) is 0 Å². The normalized spacial score (nSPS) is 34.2. The molecule has 0 radical (unpaired) electrons. The number of aromatic nitrogens is 1. The molecule has 1 aromatic heterocycles. The number of hydrogen-bond acceptors (Lipinski definition) is 4. The van der Waals surface area contributed by atoms with E-state index in [1.165, 1.54) is 25.9 Å². The zero-order valence-corrected chi connectivity index (χ0v) is 13.9. The molecule has 3 fully saturated rings. The molecule has 1 aromatic rings. The van der Waals surface area contributed by atoms with Gasteiger partial charge in [0.15, 0.2) is 5.60 Å². The summed E-state index contributed by atoms with van der Waals surface area (Å²) in [6.45, 7) is 3.51. The summed E-state index contributed by atoms with van der Waals surface area (Å²) in [7, 11) is 0. The second-order valence-corrected chi connectivity index (χ2v) is 5.66. The Balaban J connectivity index is 0.000000581. The summed E-state index contributed by atoms with van der Waals surface area (Å²) in [4.78, 5) is 14.6. The van der Waals surface area contributed by atoms with E-state index in [4.69, 9.17) is 4.84 Å². The van der Waals surface area contributed by atoms with Crippen molar-refractivity contribution in [3.63, 3.8) is 0 Å². The van der Waals surface area contributed by atoms with Crippen LogP contribution in [-0.2, 0) is 4.84 Å². The molecule has 108 valence electrons. The first-order chi connectivity index (χ1) is 9.86. The third kappa shape index (κ3) is 2.45. The Bertz CT molecular complexity index is 485. The Morgan fingerprint density at radius 2 is 2.15 bits per heavy atom. The fraction of sp³-hybridized carbons (Fsp3) is 0.600. The zero-order chi connectivity index (χ0) is 14.0. The summed E-state index contributed by atoms with van der Waals surface area (Å²) in [6, 6.07) is 4.02. The van der Waals surface area contributed by atoms with Crippen LogP contribution in [0, 0.1) is 5.92 Å². The molecule has 4 nitrogen and oxygen atoms in total. The van der Waals surface area contributed by atoms with Crippen LogP contribution in [0.4, 0.5) is 0 Å². The maximum absolute atomic E-state index is 5.90. The van der Waals surface area contributed by atoms with Gasteiger partial charge < -0.3 is 4.84 Å². The summed E-state index contributed by atoms with van der Waals surface area (Å²) in [5.74, 6) is 0.681. The lowest BCUT2D eigenvalue weighted by molar-refractivity contribution is -0.136. The maximum atomic E-state index is 5.90. The highest BCUT2D eigenvalue weighted by Gasteiger charge is 2.52. The van der Waals surface area contributed by atoms with Crippen molar-refractivity contribution in [2.75, 3.05) is 24.6 Å². The Morgan fingerprint density at radius 1 is 1.35 bits per heavy atom. The molecule has 0 aliphatic carbocycles. The lowest BCUT2D eigenvalue weighted by atomic mass is 9.73. The molecule has 3 saturated heterocycles. The van der Waals surface area contributed by atoms with Crippen LogP contribution in [0.5, 0.6) is 0 Å². The van der Waals surface area contributed by atoms with Gasteiger partial charge in [-0.15, -0.1) is 0 Å². The van der Waals surface area contributed by atoms with Crippen molar-refractivity contribution in [1.29, 1.82) is 0 Å². The summed E-state index contributed by atoms with van der Waals surface area (Å²) >= 11 is 2.15. The van der Waals surface area contributed by atoms with Crippen LogP contribution in [0.3, 0.4) is 0 Å². The van der Waals surface area contributed by atoms with E-state index in [9.17, 15) is 0 Å². The van der Waals surface area contributed by atoms with E-state index in [-0.39, 0.29) is 5.60 Å². The van der Waals surface area contributed by atoms with Crippen molar-refractivity contribution in [2.45, 2.75) is 24.9 Å². The predicted octanol–water partition coefficient (Wildman–Crippen LogP) is 2.72. The lowest BCUT2D eigenvalue weighted by Crippen LogP contribution is -2.59. The predicted molar refractivity (Wildman–Crippen MR) is 88.3 cm³/mol. The van der Waals surface area contributed by atoms with E-state index in [1.807, 2.05) is 17.2 Å². The zero-order valence-electron chi connectivity index (χ0n) is 11.8. The topological polar surface area (TPSA) is 37.7 Å². The first kappa shape index (κ1) is 14.3. The third-order valence-electron chi connectivity index (χ3n) is 4.62. The highest BCUT2D eigenvalue weighted by molar-refractivity contribution is 14.1. The quantitative estimate of drug-likeness (QED) is 0.551. The Morgan fingerprint density at radius 3 is 2.75 bits per heavy atom. The highest BCUT2D eigenvalue weighted by Crippen LogP contribution is 2.43. The standard InChI is InChI=1S/C14H17N3O.CH3I/c1-2-11(9-15-5-1)13-8-14(18-16-13)10-17-6-3-12(14)4-7-17;1-2/h1-2,5,9,12H,3-4,6-8,10H2;1H3. The Hall–Kier alpha value is -0.690. The molecule has 0 N–H and O–H groups in total. The first-order valence-corrected chi connectivity index (χ1v) is 9.27. The third-order valence-corrected chi connectivity index (χ3v) is 4.62. The fourth-order valence-corrected chi connectivity index (χ4v) is 3.61. The molecule has 4 aliphatic rings. The van der Waals surface area contributed by atoms with Crippen LogP contribution in [0.2, 0.25) is 0 Å². The van der Waals surface area contributed by atoms with E-state index in [1.54, 1.807) is 6.20 Å². The minimum absolute atomic E-state index is 0.0400. The van der Waals surface area contributed by atoms with Crippen LogP contribution in [0.1, 0.15) is 24.8 Å². The minimum atomic E-state index is -0.0400.